The highest BCUT2D eigenvalue weighted by Crippen LogP contribution is 2.05. The molecule has 0 aromatic heterocycles. The van der Waals surface area contributed by atoms with Crippen molar-refractivity contribution >= 4 is 0 Å². The Kier molecular flexibility index (Phi) is 4.51. The first-order chi connectivity index (χ1) is 5.93. The summed E-state index contributed by atoms with van der Waals surface area (Å²) in [5.41, 5.74) is 1.45. The number of hydrogen-bond donors (Lipinski definition) is 0. The average molecular weight is 161 g/mol. The number of aryl methyl sites for hydroxylation is 1. The van der Waals surface area contributed by atoms with Crippen molar-refractivity contribution < 1.29 is 0 Å². The second-order valence-electron chi connectivity index (χ2n) is 3.10. The van der Waals surface area contributed by atoms with E-state index >= 15 is 0 Å². The minimum Gasteiger partial charge on any atom is -0.0654 e. The molecule has 0 aliphatic heterocycles. The van der Waals surface area contributed by atoms with Crippen molar-refractivity contribution in [1.29, 1.82) is 0 Å². The van der Waals surface area contributed by atoms with Gasteiger partial charge in [-0.1, -0.05) is 50.1 Å². The summed E-state index contributed by atoms with van der Waals surface area (Å²) in [7, 11) is 0. The van der Waals surface area contributed by atoms with Gasteiger partial charge in [-0.05, 0) is 24.8 Å². The van der Waals surface area contributed by atoms with E-state index in [1.807, 2.05) is 0 Å². The van der Waals surface area contributed by atoms with E-state index in [2.05, 4.69) is 43.7 Å². The van der Waals surface area contributed by atoms with Crippen LogP contribution < -0.4 is 0 Å². The van der Waals surface area contributed by atoms with Gasteiger partial charge in [0, 0.05) is 0 Å². The van der Waals surface area contributed by atoms with Crippen LogP contribution in [-0.2, 0) is 6.42 Å². The zero-order chi connectivity index (χ0) is 8.65. The van der Waals surface area contributed by atoms with Gasteiger partial charge in [-0.15, -0.1) is 0 Å². The van der Waals surface area contributed by atoms with Crippen LogP contribution in [0.2, 0.25) is 0 Å². The maximum absolute atomic E-state index is 2.38. The Hall–Kier alpha value is -0.780. The third-order valence-electron chi connectivity index (χ3n) is 1.97. The normalized spacial score (nSPS) is 10.1. The second-order valence-corrected chi connectivity index (χ2v) is 3.10. The average Bonchev–Trinajstić information content (AvgIpc) is 2.14. The molecular weight excluding hydrogens is 144 g/mol. The Morgan fingerprint density at radius 1 is 1.08 bits per heavy atom. The fourth-order valence-electron chi connectivity index (χ4n) is 1.26. The van der Waals surface area contributed by atoms with E-state index in [9.17, 15) is 0 Å². The Morgan fingerprint density at radius 2 is 1.83 bits per heavy atom. The molecule has 0 amide bonds. The molecule has 12 heavy (non-hydrogen) atoms. The van der Waals surface area contributed by atoms with Crippen LogP contribution in [-0.4, -0.2) is 0 Å². The minimum absolute atomic E-state index is 1.20. The second kappa shape index (κ2) is 5.82. The van der Waals surface area contributed by atoms with Crippen LogP contribution in [0.3, 0.4) is 0 Å². The molecular formula is C12H17. The SMILES string of the molecule is CCC[CH]CCc1ccccc1. The Balaban J connectivity index is 2.16. The molecule has 0 nitrogen and oxygen atoms in total. The van der Waals surface area contributed by atoms with E-state index in [0.29, 0.717) is 0 Å². The smallest absolute Gasteiger partial charge is 0.0276 e. The van der Waals surface area contributed by atoms with Crippen molar-refractivity contribution in [2.75, 3.05) is 0 Å². The third kappa shape index (κ3) is 3.56. The van der Waals surface area contributed by atoms with E-state index in [1.165, 1.54) is 31.2 Å². The van der Waals surface area contributed by atoms with E-state index in [1.54, 1.807) is 0 Å². The quantitative estimate of drug-likeness (QED) is 0.578. The van der Waals surface area contributed by atoms with Gasteiger partial charge in [-0.3, -0.25) is 0 Å². The molecule has 65 valence electrons. The highest BCUT2D eigenvalue weighted by atomic mass is 14.0. The summed E-state index contributed by atoms with van der Waals surface area (Å²) in [6.07, 6.45) is 7.33. The zero-order valence-electron chi connectivity index (χ0n) is 7.79. The number of rotatable bonds is 5. The Labute approximate surface area is 75.6 Å². The number of benzene rings is 1. The summed E-state index contributed by atoms with van der Waals surface area (Å²) < 4.78 is 0. The van der Waals surface area contributed by atoms with Gasteiger partial charge in [0.1, 0.15) is 0 Å². The first kappa shape index (κ1) is 9.31. The maximum atomic E-state index is 2.38. The van der Waals surface area contributed by atoms with Crippen molar-refractivity contribution in [3.63, 3.8) is 0 Å². The molecule has 0 heterocycles. The number of hydrogen-bond acceptors (Lipinski definition) is 0. The highest BCUT2D eigenvalue weighted by molar-refractivity contribution is 5.14. The molecule has 0 atom stereocenters. The minimum atomic E-state index is 1.20. The van der Waals surface area contributed by atoms with Gasteiger partial charge in [0.05, 0.1) is 0 Å². The molecule has 0 N–H and O–H groups in total. The fraction of sp³-hybridized carbons (Fsp3) is 0.417. The lowest BCUT2D eigenvalue weighted by Crippen LogP contribution is -1.84. The van der Waals surface area contributed by atoms with Gasteiger partial charge < -0.3 is 0 Å². The molecule has 1 aromatic carbocycles. The van der Waals surface area contributed by atoms with Gasteiger partial charge in [-0.25, -0.2) is 0 Å². The predicted molar refractivity (Wildman–Crippen MR) is 54.0 cm³/mol. The summed E-state index contributed by atoms with van der Waals surface area (Å²) in [4.78, 5) is 0. The molecule has 0 spiro atoms. The Morgan fingerprint density at radius 3 is 2.50 bits per heavy atom. The van der Waals surface area contributed by atoms with Gasteiger partial charge in [0.2, 0.25) is 0 Å². The van der Waals surface area contributed by atoms with Crippen molar-refractivity contribution in [3.8, 4) is 0 Å². The molecule has 0 aliphatic carbocycles. The van der Waals surface area contributed by atoms with E-state index in [4.69, 9.17) is 0 Å². The van der Waals surface area contributed by atoms with Crippen molar-refractivity contribution in [1.82, 2.24) is 0 Å². The molecule has 1 aromatic rings. The van der Waals surface area contributed by atoms with E-state index < -0.39 is 0 Å². The lowest BCUT2D eigenvalue weighted by Gasteiger charge is -1.99. The maximum Gasteiger partial charge on any atom is -0.0276 e. The van der Waals surface area contributed by atoms with Crippen LogP contribution >= 0.6 is 0 Å². The van der Waals surface area contributed by atoms with E-state index in [-0.39, 0.29) is 0 Å². The molecule has 0 aliphatic rings. The third-order valence-corrected chi connectivity index (χ3v) is 1.97. The summed E-state index contributed by atoms with van der Waals surface area (Å²) >= 11 is 0. The zero-order valence-corrected chi connectivity index (χ0v) is 7.79. The summed E-state index contributed by atoms with van der Waals surface area (Å²) in [6, 6.07) is 10.7. The summed E-state index contributed by atoms with van der Waals surface area (Å²) in [5, 5.41) is 0. The number of unbranched alkanes of at least 4 members (excludes halogenated alkanes) is 3. The molecule has 1 rings (SSSR count). The lowest BCUT2D eigenvalue weighted by molar-refractivity contribution is 0.811. The van der Waals surface area contributed by atoms with Gasteiger partial charge in [0.25, 0.3) is 0 Å². The van der Waals surface area contributed by atoms with Gasteiger partial charge in [-0.2, -0.15) is 0 Å². The van der Waals surface area contributed by atoms with Gasteiger partial charge in [0.15, 0.2) is 0 Å². The van der Waals surface area contributed by atoms with Crippen LogP contribution in [0.1, 0.15) is 31.7 Å². The molecule has 0 fully saturated rings. The molecule has 0 saturated carbocycles. The topological polar surface area (TPSA) is 0 Å². The predicted octanol–water partition coefficient (Wildman–Crippen LogP) is 3.62. The van der Waals surface area contributed by atoms with Crippen molar-refractivity contribution in [2.24, 2.45) is 0 Å². The molecule has 0 bridgehead atoms. The largest absolute Gasteiger partial charge is 0.0654 e. The standard InChI is InChI=1S/C12H17/c1-2-3-4-6-9-12-10-7-5-8-11-12/h4-5,7-8,10-11H,2-3,6,9H2,1H3. The molecule has 0 unspecified atom stereocenters. The molecule has 0 heteroatoms. The van der Waals surface area contributed by atoms with Crippen LogP contribution in [0.15, 0.2) is 30.3 Å². The van der Waals surface area contributed by atoms with Gasteiger partial charge >= 0.3 is 0 Å². The Bertz CT molecular complexity index is 188. The molecule has 1 radical (unpaired) electrons. The first-order valence-corrected chi connectivity index (χ1v) is 4.79. The monoisotopic (exact) mass is 161 g/mol. The van der Waals surface area contributed by atoms with E-state index in [0.717, 1.165) is 0 Å². The first-order valence-electron chi connectivity index (χ1n) is 4.79. The van der Waals surface area contributed by atoms with Crippen LogP contribution in [0.25, 0.3) is 0 Å². The summed E-state index contributed by atoms with van der Waals surface area (Å²) in [6.45, 7) is 2.22. The van der Waals surface area contributed by atoms with Crippen LogP contribution in [0.5, 0.6) is 0 Å². The highest BCUT2D eigenvalue weighted by Gasteiger charge is 1.90. The molecule has 0 saturated heterocycles. The fourth-order valence-corrected chi connectivity index (χ4v) is 1.26. The van der Waals surface area contributed by atoms with Crippen molar-refractivity contribution in [3.05, 3.63) is 42.3 Å². The summed E-state index contributed by atoms with van der Waals surface area (Å²) in [5.74, 6) is 0. The van der Waals surface area contributed by atoms with Crippen LogP contribution in [0.4, 0.5) is 0 Å². The lowest BCUT2D eigenvalue weighted by atomic mass is 10.1. The van der Waals surface area contributed by atoms with Crippen LogP contribution in [0, 0.1) is 6.42 Å². The van der Waals surface area contributed by atoms with Crippen molar-refractivity contribution in [2.45, 2.75) is 32.6 Å².